The Bertz CT molecular complexity index is 662. The van der Waals surface area contributed by atoms with E-state index < -0.39 is 10.0 Å². The molecule has 0 saturated carbocycles. The average molecular weight is 286 g/mol. The predicted octanol–water partition coefficient (Wildman–Crippen LogP) is 0.908. The second-order valence-corrected chi connectivity index (χ2v) is 5.34. The second kappa shape index (κ2) is 4.75. The summed E-state index contributed by atoms with van der Waals surface area (Å²) in [6.07, 6.45) is 2.65. The Hall–Kier alpha value is -1.93. The smallest absolute Gasteiger partial charge is 0.264 e. The molecule has 0 atom stereocenters. The van der Waals surface area contributed by atoms with Crippen molar-refractivity contribution in [2.45, 2.75) is 4.90 Å². The molecule has 1 heterocycles. The summed E-state index contributed by atoms with van der Waals surface area (Å²) < 4.78 is 26.1. The molecule has 0 aliphatic rings. The molecular formula is C9H8ClN5O2S. The number of benzene rings is 1. The quantitative estimate of drug-likeness (QED) is 0.811. The van der Waals surface area contributed by atoms with Crippen LogP contribution in [0.1, 0.15) is 0 Å². The Kier molecular flexibility index (Phi) is 3.30. The van der Waals surface area contributed by atoms with Crippen LogP contribution in [0.25, 0.3) is 0 Å². The zero-order chi connectivity index (χ0) is 13.2. The molecule has 0 bridgehead atoms. The number of rotatable bonds is 3. The molecule has 0 unspecified atom stereocenters. The maximum absolute atomic E-state index is 11.9. The molecule has 3 N–H and O–H groups in total. The molecule has 0 amide bonds. The lowest BCUT2D eigenvalue weighted by atomic mass is 10.3. The first kappa shape index (κ1) is 12.5. The van der Waals surface area contributed by atoms with Crippen LogP contribution in [-0.4, -0.2) is 23.6 Å². The maximum Gasteiger partial charge on any atom is 0.264 e. The highest BCUT2D eigenvalue weighted by Gasteiger charge is 2.16. The molecule has 94 valence electrons. The SMILES string of the molecule is Nc1cc(S(=O)(=O)Nc2nccnn2)ccc1Cl. The van der Waals surface area contributed by atoms with Crippen molar-refractivity contribution in [3.63, 3.8) is 0 Å². The van der Waals surface area contributed by atoms with Crippen LogP contribution < -0.4 is 10.5 Å². The molecule has 0 aliphatic heterocycles. The zero-order valence-electron chi connectivity index (χ0n) is 8.91. The molecule has 0 spiro atoms. The molecule has 1 aromatic carbocycles. The lowest BCUT2D eigenvalue weighted by Crippen LogP contribution is -2.15. The van der Waals surface area contributed by atoms with Crippen LogP contribution in [0.3, 0.4) is 0 Å². The van der Waals surface area contributed by atoms with E-state index in [-0.39, 0.29) is 21.6 Å². The van der Waals surface area contributed by atoms with E-state index in [0.717, 1.165) is 0 Å². The van der Waals surface area contributed by atoms with Crippen LogP contribution in [0.5, 0.6) is 0 Å². The van der Waals surface area contributed by atoms with E-state index in [0.29, 0.717) is 0 Å². The third kappa shape index (κ3) is 2.66. The summed E-state index contributed by atoms with van der Waals surface area (Å²) in [5.41, 5.74) is 5.72. The lowest BCUT2D eigenvalue weighted by Gasteiger charge is -2.06. The van der Waals surface area contributed by atoms with E-state index in [1.807, 2.05) is 0 Å². The van der Waals surface area contributed by atoms with Crippen LogP contribution in [0.4, 0.5) is 11.6 Å². The number of nitrogens with one attached hydrogen (secondary N) is 1. The van der Waals surface area contributed by atoms with Gasteiger partial charge in [0.05, 0.1) is 28.0 Å². The minimum Gasteiger partial charge on any atom is -0.397 e. The number of hydrogen-bond acceptors (Lipinski definition) is 6. The number of nitrogen functional groups attached to an aromatic ring is 1. The number of aromatic nitrogens is 3. The number of anilines is 2. The summed E-state index contributed by atoms with van der Waals surface area (Å²) in [7, 11) is -3.81. The van der Waals surface area contributed by atoms with Crippen LogP contribution in [0.2, 0.25) is 5.02 Å². The normalized spacial score (nSPS) is 11.2. The summed E-state index contributed by atoms with van der Waals surface area (Å²) in [5, 5.41) is 7.31. The third-order valence-electron chi connectivity index (χ3n) is 1.99. The Morgan fingerprint density at radius 2 is 2.06 bits per heavy atom. The molecule has 0 radical (unpaired) electrons. The Morgan fingerprint density at radius 1 is 1.28 bits per heavy atom. The van der Waals surface area contributed by atoms with Crippen molar-refractivity contribution in [3.05, 3.63) is 35.6 Å². The molecule has 7 nitrogen and oxygen atoms in total. The van der Waals surface area contributed by atoms with Crippen molar-refractivity contribution >= 4 is 33.3 Å². The van der Waals surface area contributed by atoms with Crippen molar-refractivity contribution in [2.24, 2.45) is 0 Å². The molecule has 0 fully saturated rings. The minimum atomic E-state index is -3.81. The van der Waals surface area contributed by atoms with Crippen molar-refractivity contribution < 1.29 is 8.42 Å². The molecular weight excluding hydrogens is 278 g/mol. The van der Waals surface area contributed by atoms with E-state index in [2.05, 4.69) is 19.9 Å². The van der Waals surface area contributed by atoms with Gasteiger partial charge in [0.25, 0.3) is 16.0 Å². The highest BCUT2D eigenvalue weighted by atomic mass is 35.5. The number of halogens is 1. The molecule has 9 heteroatoms. The average Bonchev–Trinajstić information content (AvgIpc) is 2.33. The van der Waals surface area contributed by atoms with Gasteiger partial charge in [-0.1, -0.05) is 11.6 Å². The number of nitrogens with two attached hydrogens (primary N) is 1. The van der Waals surface area contributed by atoms with E-state index >= 15 is 0 Å². The summed E-state index contributed by atoms with van der Waals surface area (Å²) in [6.45, 7) is 0. The van der Waals surface area contributed by atoms with Crippen molar-refractivity contribution in [3.8, 4) is 0 Å². The summed E-state index contributed by atoms with van der Waals surface area (Å²) in [5.74, 6) is -0.119. The first-order valence-electron chi connectivity index (χ1n) is 4.70. The summed E-state index contributed by atoms with van der Waals surface area (Å²) in [6, 6.07) is 3.98. The van der Waals surface area contributed by atoms with Gasteiger partial charge in [0.1, 0.15) is 0 Å². The van der Waals surface area contributed by atoms with Gasteiger partial charge < -0.3 is 5.73 Å². The molecule has 1 aromatic heterocycles. The van der Waals surface area contributed by atoms with Crippen molar-refractivity contribution in [1.29, 1.82) is 0 Å². The molecule has 0 aliphatic carbocycles. The number of hydrogen-bond donors (Lipinski definition) is 2. The topological polar surface area (TPSA) is 111 Å². The summed E-state index contributed by atoms with van der Waals surface area (Å²) >= 11 is 5.72. The first-order valence-corrected chi connectivity index (χ1v) is 6.57. The van der Waals surface area contributed by atoms with Crippen LogP contribution >= 0.6 is 11.6 Å². The Labute approximate surface area is 108 Å². The van der Waals surface area contributed by atoms with E-state index in [9.17, 15) is 8.42 Å². The van der Waals surface area contributed by atoms with E-state index in [1.165, 1.54) is 30.6 Å². The second-order valence-electron chi connectivity index (χ2n) is 3.26. The van der Waals surface area contributed by atoms with Crippen LogP contribution in [0, 0.1) is 0 Å². The number of nitrogens with zero attached hydrogens (tertiary/aromatic N) is 3. The highest BCUT2D eigenvalue weighted by Crippen LogP contribution is 2.22. The van der Waals surface area contributed by atoms with E-state index in [4.69, 9.17) is 17.3 Å². The van der Waals surface area contributed by atoms with Gasteiger partial charge in [0.15, 0.2) is 0 Å². The van der Waals surface area contributed by atoms with Crippen LogP contribution in [0.15, 0.2) is 35.5 Å². The highest BCUT2D eigenvalue weighted by molar-refractivity contribution is 7.92. The van der Waals surface area contributed by atoms with Crippen molar-refractivity contribution in [2.75, 3.05) is 10.5 Å². The zero-order valence-corrected chi connectivity index (χ0v) is 10.5. The van der Waals surface area contributed by atoms with Gasteiger partial charge in [-0.3, -0.25) is 0 Å². The largest absolute Gasteiger partial charge is 0.397 e. The number of sulfonamides is 1. The predicted molar refractivity (Wildman–Crippen MR) is 66.5 cm³/mol. The lowest BCUT2D eigenvalue weighted by molar-refractivity contribution is 0.600. The van der Waals surface area contributed by atoms with Gasteiger partial charge in [-0.15, -0.1) is 5.10 Å². The fourth-order valence-electron chi connectivity index (χ4n) is 1.16. The first-order chi connectivity index (χ1) is 8.49. The van der Waals surface area contributed by atoms with Crippen LogP contribution in [-0.2, 0) is 10.0 Å². The standard InChI is InChI=1S/C9H8ClN5O2S/c10-7-2-1-6(5-8(7)11)18(16,17)15-9-12-3-4-13-14-9/h1-5H,11H2,(H,12,14,15). The maximum atomic E-state index is 11.9. The molecule has 2 aromatic rings. The van der Waals surface area contributed by atoms with Gasteiger partial charge in [-0.05, 0) is 18.2 Å². The van der Waals surface area contributed by atoms with E-state index in [1.54, 1.807) is 0 Å². The fourth-order valence-corrected chi connectivity index (χ4v) is 2.26. The fraction of sp³-hybridized carbons (Fsp3) is 0. The van der Waals surface area contributed by atoms with Gasteiger partial charge in [-0.2, -0.15) is 5.10 Å². The minimum absolute atomic E-state index is 0.0307. The molecule has 18 heavy (non-hydrogen) atoms. The Morgan fingerprint density at radius 3 is 2.67 bits per heavy atom. The molecule has 0 saturated heterocycles. The third-order valence-corrected chi connectivity index (χ3v) is 3.66. The summed E-state index contributed by atoms with van der Waals surface area (Å²) in [4.78, 5) is 3.68. The Balaban J connectivity index is 2.34. The van der Waals surface area contributed by atoms with Gasteiger partial charge >= 0.3 is 0 Å². The van der Waals surface area contributed by atoms with Gasteiger partial charge in [0, 0.05) is 0 Å². The van der Waals surface area contributed by atoms with Crippen molar-refractivity contribution in [1.82, 2.24) is 15.2 Å². The van der Waals surface area contributed by atoms with Gasteiger partial charge in [-0.25, -0.2) is 18.1 Å². The van der Waals surface area contributed by atoms with Gasteiger partial charge in [0.2, 0.25) is 0 Å². The molecule has 2 rings (SSSR count). The monoisotopic (exact) mass is 285 g/mol.